The van der Waals surface area contributed by atoms with Crippen LogP contribution in [-0.2, 0) is 22.4 Å². The van der Waals surface area contributed by atoms with Crippen LogP contribution in [0.1, 0.15) is 30.9 Å². The summed E-state index contributed by atoms with van der Waals surface area (Å²) in [6, 6.07) is 18.4. The Labute approximate surface area is 173 Å². The monoisotopic (exact) mass is 394 g/mol. The molecule has 0 atom stereocenters. The smallest absolute Gasteiger partial charge is 0.275 e. The predicted octanol–water partition coefficient (Wildman–Crippen LogP) is 1.84. The van der Waals surface area contributed by atoms with E-state index in [0.29, 0.717) is 12.5 Å². The Hall–Kier alpha value is -2.66. The Morgan fingerprint density at radius 1 is 0.966 bits per heavy atom. The molecule has 0 radical (unpaired) electrons. The highest BCUT2D eigenvalue weighted by Gasteiger charge is 2.24. The number of benzene rings is 2. The first kappa shape index (κ1) is 21.1. The van der Waals surface area contributed by atoms with Gasteiger partial charge in [0.1, 0.15) is 0 Å². The fourth-order valence-electron chi connectivity index (χ4n) is 4.03. The third-order valence-electron chi connectivity index (χ3n) is 5.71. The molecule has 0 bridgehead atoms. The van der Waals surface area contributed by atoms with Crippen molar-refractivity contribution in [2.75, 3.05) is 31.5 Å². The molecule has 0 aliphatic carbocycles. The summed E-state index contributed by atoms with van der Waals surface area (Å²) < 4.78 is 0. The van der Waals surface area contributed by atoms with E-state index in [9.17, 15) is 9.59 Å². The summed E-state index contributed by atoms with van der Waals surface area (Å²) in [7, 11) is 0. The fraction of sp³-hybridized carbons (Fsp3) is 0.417. The normalized spacial score (nSPS) is 18.8. The number of carbonyl (C=O) groups excluding carboxylic acids is 2. The number of anilines is 1. The summed E-state index contributed by atoms with van der Waals surface area (Å²) in [5.74, 6) is 0.463. The second kappa shape index (κ2) is 10.8. The van der Waals surface area contributed by atoms with Gasteiger partial charge < -0.3 is 15.5 Å². The summed E-state index contributed by atoms with van der Waals surface area (Å²) in [6.07, 6.45) is 4.27. The van der Waals surface area contributed by atoms with Crippen LogP contribution >= 0.6 is 0 Å². The lowest BCUT2D eigenvalue weighted by Crippen LogP contribution is -3.14. The third kappa shape index (κ3) is 6.71. The Kier molecular flexibility index (Phi) is 7.82. The van der Waals surface area contributed by atoms with E-state index in [1.807, 2.05) is 24.3 Å². The van der Waals surface area contributed by atoms with Crippen LogP contribution in [0.3, 0.4) is 0 Å². The lowest BCUT2D eigenvalue weighted by atomic mass is 9.90. The average Bonchev–Trinajstić information content (AvgIpc) is 2.75. The highest BCUT2D eigenvalue weighted by Crippen LogP contribution is 2.16. The molecule has 29 heavy (non-hydrogen) atoms. The molecule has 3 N–H and O–H groups in total. The number of para-hydroxylation sites is 1. The van der Waals surface area contributed by atoms with Crippen molar-refractivity contribution in [3.63, 3.8) is 0 Å². The second-order valence-corrected chi connectivity index (χ2v) is 7.90. The van der Waals surface area contributed by atoms with Gasteiger partial charge in [-0.15, -0.1) is 0 Å². The molecule has 1 fully saturated rings. The van der Waals surface area contributed by atoms with E-state index >= 15 is 0 Å². The number of amides is 2. The van der Waals surface area contributed by atoms with Crippen LogP contribution in [0.25, 0.3) is 0 Å². The number of aryl methyl sites for hydroxylation is 1. The molecule has 2 amide bonds. The van der Waals surface area contributed by atoms with Crippen LogP contribution in [0.15, 0.2) is 54.6 Å². The summed E-state index contributed by atoms with van der Waals surface area (Å²) in [4.78, 5) is 25.7. The number of likely N-dealkylation sites (tertiary alicyclic amines) is 1. The van der Waals surface area contributed by atoms with Crippen LogP contribution in [0.2, 0.25) is 0 Å². The Morgan fingerprint density at radius 2 is 1.66 bits per heavy atom. The molecule has 154 valence electrons. The van der Waals surface area contributed by atoms with Crippen LogP contribution in [0.4, 0.5) is 5.69 Å². The molecule has 3 rings (SSSR count). The van der Waals surface area contributed by atoms with Crippen molar-refractivity contribution in [2.24, 2.45) is 5.92 Å². The van der Waals surface area contributed by atoms with Gasteiger partial charge in [0, 0.05) is 5.69 Å². The Balaban J connectivity index is 1.35. The first-order valence-electron chi connectivity index (χ1n) is 10.7. The van der Waals surface area contributed by atoms with Crippen molar-refractivity contribution in [3.8, 4) is 0 Å². The maximum Gasteiger partial charge on any atom is 0.275 e. The molecule has 0 aromatic heterocycles. The van der Waals surface area contributed by atoms with Gasteiger partial charge in [0.2, 0.25) is 5.91 Å². The molecule has 1 heterocycles. The van der Waals surface area contributed by atoms with Crippen molar-refractivity contribution < 1.29 is 14.5 Å². The minimum atomic E-state index is -0.184. The minimum Gasteiger partial charge on any atom is -0.342 e. The SMILES string of the molecule is CCc1ccccc1NC(=O)CNC(=O)C[NH+]1CCC(Cc2ccccc2)CC1. The summed E-state index contributed by atoms with van der Waals surface area (Å²) in [5.41, 5.74) is 3.31. The lowest BCUT2D eigenvalue weighted by Gasteiger charge is -2.28. The molecule has 0 saturated carbocycles. The molecular weight excluding hydrogens is 362 g/mol. The van der Waals surface area contributed by atoms with Gasteiger partial charge in [0.05, 0.1) is 19.6 Å². The highest BCUT2D eigenvalue weighted by atomic mass is 16.2. The molecule has 2 aromatic rings. The van der Waals surface area contributed by atoms with Gasteiger partial charge in [-0.05, 0) is 48.8 Å². The van der Waals surface area contributed by atoms with E-state index in [-0.39, 0.29) is 18.4 Å². The quantitative estimate of drug-likeness (QED) is 0.640. The fourth-order valence-corrected chi connectivity index (χ4v) is 4.03. The molecule has 5 nitrogen and oxygen atoms in total. The number of hydrogen-bond acceptors (Lipinski definition) is 2. The van der Waals surface area contributed by atoms with Crippen LogP contribution < -0.4 is 15.5 Å². The number of carbonyl (C=O) groups is 2. The lowest BCUT2D eigenvalue weighted by molar-refractivity contribution is -0.898. The van der Waals surface area contributed by atoms with Gasteiger partial charge in [-0.3, -0.25) is 9.59 Å². The number of piperidine rings is 1. The number of hydrogen-bond donors (Lipinski definition) is 3. The van der Waals surface area contributed by atoms with Gasteiger partial charge in [0.15, 0.2) is 6.54 Å². The van der Waals surface area contributed by atoms with Gasteiger partial charge >= 0.3 is 0 Å². The van der Waals surface area contributed by atoms with Crippen molar-refractivity contribution in [3.05, 3.63) is 65.7 Å². The van der Waals surface area contributed by atoms with Crippen molar-refractivity contribution in [1.29, 1.82) is 0 Å². The molecule has 1 aliphatic rings. The van der Waals surface area contributed by atoms with E-state index in [2.05, 4.69) is 47.9 Å². The molecule has 5 heteroatoms. The molecule has 1 saturated heterocycles. The maximum atomic E-state index is 12.3. The standard InChI is InChI=1S/C24H31N3O2/c1-2-21-10-6-7-11-22(21)26-23(28)17-25-24(29)18-27-14-12-20(13-15-27)16-19-8-4-3-5-9-19/h3-11,20H,2,12-18H2,1H3,(H,25,29)(H,26,28)/p+1. The first-order valence-corrected chi connectivity index (χ1v) is 10.7. The van der Waals surface area contributed by atoms with Crippen molar-refractivity contribution in [1.82, 2.24) is 5.32 Å². The molecule has 1 aliphatic heterocycles. The molecule has 0 spiro atoms. The number of nitrogens with one attached hydrogen (secondary N) is 3. The summed E-state index contributed by atoms with van der Waals surface area (Å²) in [5, 5.41) is 5.66. The van der Waals surface area contributed by atoms with Crippen LogP contribution in [0.5, 0.6) is 0 Å². The summed E-state index contributed by atoms with van der Waals surface area (Å²) in [6.45, 7) is 4.54. The van der Waals surface area contributed by atoms with Crippen molar-refractivity contribution >= 4 is 17.5 Å². The largest absolute Gasteiger partial charge is 0.342 e. The highest BCUT2D eigenvalue weighted by molar-refractivity contribution is 5.95. The van der Waals surface area contributed by atoms with E-state index < -0.39 is 0 Å². The van der Waals surface area contributed by atoms with E-state index in [1.54, 1.807) is 0 Å². The first-order chi connectivity index (χ1) is 14.1. The Morgan fingerprint density at radius 3 is 2.38 bits per heavy atom. The number of quaternary nitrogens is 1. The molecular formula is C24H32N3O2+. The van der Waals surface area contributed by atoms with Gasteiger partial charge in [-0.2, -0.15) is 0 Å². The third-order valence-corrected chi connectivity index (χ3v) is 5.71. The van der Waals surface area contributed by atoms with Crippen LogP contribution in [0, 0.1) is 5.92 Å². The number of rotatable bonds is 8. The van der Waals surface area contributed by atoms with Crippen molar-refractivity contribution in [2.45, 2.75) is 32.6 Å². The maximum absolute atomic E-state index is 12.3. The zero-order valence-electron chi connectivity index (χ0n) is 17.2. The van der Waals surface area contributed by atoms with Gasteiger partial charge in [-0.25, -0.2) is 0 Å². The van der Waals surface area contributed by atoms with Gasteiger partial charge in [0.25, 0.3) is 5.91 Å². The van der Waals surface area contributed by atoms with E-state index in [4.69, 9.17) is 0 Å². The molecule has 2 aromatic carbocycles. The van der Waals surface area contributed by atoms with Crippen LogP contribution in [-0.4, -0.2) is 38.0 Å². The topological polar surface area (TPSA) is 62.6 Å². The minimum absolute atomic E-state index is 0.0147. The average molecular weight is 395 g/mol. The Bertz CT molecular complexity index is 799. The summed E-state index contributed by atoms with van der Waals surface area (Å²) >= 11 is 0. The molecule has 0 unspecified atom stereocenters. The zero-order chi connectivity index (χ0) is 20.5. The van der Waals surface area contributed by atoms with E-state index in [0.717, 1.165) is 50.0 Å². The van der Waals surface area contributed by atoms with Gasteiger partial charge in [-0.1, -0.05) is 55.5 Å². The zero-order valence-corrected chi connectivity index (χ0v) is 17.2. The van der Waals surface area contributed by atoms with E-state index in [1.165, 1.54) is 10.5 Å². The second-order valence-electron chi connectivity index (χ2n) is 7.90. The predicted molar refractivity (Wildman–Crippen MR) is 116 cm³/mol.